The third-order valence-corrected chi connectivity index (χ3v) is 6.93. The van der Waals surface area contributed by atoms with E-state index in [0.29, 0.717) is 23.1 Å². The summed E-state index contributed by atoms with van der Waals surface area (Å²) >= 11 is 3.51. The number of hydrogen-bond acceptors (Lipinski definition) is 4. The van der Waals surface area contributed by atoms with Gasteiger partial charge >= 0.3 is 5.97 Å². The van der Waals surface area contributed by atoms with Crippen LogP contribution in [0.5, 0.6) is 0 Å². The van der Waals surface area contributed by atoms with Gasteiger partial charge in [0.05, 0.1) is 16.8 Å². The fourth-order valence-electron chi connectivity index (χ4n) is 4.66. The van der Waals surface area contributed by atoms with E-state index in [1.165, 1.54) is 6.07 Å². The average Bonchev–Trinajstić information content (AvgIpc) is 2.88. The van der Waals surface area contributed by atoms with Crippen molar-refractivity contribution in [3.05, 3.63) is 99.8 Å². The van der Waals surface area contributed by atoms with Crippen molar-refractivity contribution in [3.8, 4) is 11.3 Å². The van der Waals surface area contributed by atoms with Crippen molar-refractivity contribution in [1.82, 2.24) is 10.3 Å². The maximum atomic E-state index is 14.8. The van der Waals surface area contributed by atoms with E-state index in [-0.39, 0.29) is 30.7 Å². The summed E-state index contributed by atoms with van der Waals surface area (Å²) in [6.45, 7) is 7.47. The minimum atomic E-state index is -0.608. The van der Waals surface area contributed by atoms with Crippen molar-refractivity contribution < 1.29 is 18.7 Å². The van der Waals surface area contributed by atoms with Gasteiger partial charge in [0.25, 0.3) is 5.91 Å². The number of carbonyl (C=O) groups is 2. The van der Waals surface area contributed by atoms with Gasteiger partial charge in [-0.2, -0.15) is 0 Å². The first kappa shape index (κ1) is 28.4. The van der Waals surface area contributed by atoms with E-state index in [4.69, 9.17) is 9.72 Å². The van der Waals surface area contributed by atoms with Crippen molar-refractivity contribution in [3.63, 3.8) is 0 Å². The molecule has 0 aliphatic heterocycles. The molecule has 39 heavy (non-hydrogen) atoms. The monoisotopic (exact) mass is 590 g/mol. The van der Waals surface area contributed by atoms with E-state index in [1.54, 1.807) is 18.2 Å². The molecular formula is C32H32BrFN2O3. The fourth-order valence-corrected chi connectivity index (χ4v) is 5.02. The Labute approximate surface area is 236 Å². The zero-order valence-corrected chi connectivity index (χ0v) is 24.1. The second-order valence-electron chi connectivity index (χ2n) is 10.5. The Bertz CT molecular complexity index is 1500. The smallest absolute Gasteiger partial charge is 0.306 e. The second-order valence-corrected chi connectivity index (χ2v) is 11.5. The van der Waals surface area contributed by atoms with Gasteiger partial charge in [0.1, 0.15) is 11.4 Å². The van der Waals surface area contributed by atoms with E-state index in [0.717, 1.165) is 26.7 Å². The number of aromatic nitrogens is 1. The molecule has 0 bridgehead atoms. The molecule has 202 valence electrons. The zero-order valence-electron chi connectivity index (χ0n) is 22.6. The zero-order chi connectivity index (χ0) is 28.2. The molecule has 4 aromatic rings. The minimum absolute atomic E-state index is 0.106. The summed E-state index contributed by atoms with van der Waals surface area (Å²) in [7, 11) is 0. The Kier molecular flexibility index (Phi) is 8.80. The summed E-state index contributed by atoms with van der Waals surface area (Å²) in [5.41, 5.74) is 3.44. The van der Waals surface area contributed by atoms with Crippen LogP contribution in [0.15, 0.2) is 77.3 Å². The summed E-state index contributed by atoms with van der Waals surface area (Å²) in [5.74, 6) is -1.43. The standard InChI is InChI=1S/C32H32BrFN2O3/c1-20-29(25-18-23(33)15-16-27(25)36-30(20)21-10-6-5-7-11-21)31(38)35-19-22(24-12-8-9-13-26(24)34)14-17-28(37)39-32(2,3)4/h5-13,15-16,18,22H,14,17,19H2,1-4H3,(H,35,38). The van der Waals surface area contributed by atoms with Crippen molar-refractivity contribution in [2.24, 2.45) is 0 Å². The highest BCUT2D eigenvalue weighted by Crippen LogP contribution is 2.32. The summed E-state index contributed by atoms with van der Waals surface area (Å²) in [6, 6.07) is 21.9. The van der Waals surface area contributed by atoms with E-state index < -0.39 is 11.5 Å². The highest BCUT2D eigenvalue weighted by atomic mass is 79.9. The van der Waals surface area contributed by atoms with Crippen molar-refractivity contribution in [2.45, 2.75) is 52.1 Å². The number of halogens is 2. The van der Waals surface area contributed by atoms with Crippen molar-refractivity contribution in [1.29, 1.82) is 0 Å². The van der Waals surface area contributed by atoms with Crippen LogP contribution in [0.1, 0.15) is 61.0 Å². The molecule has 0 fully saturated rings. The quantitative estimate of drug-likeness (QED) is 0.213. The lowest BCUT2D eigenvalue weighted by Gasteiger charge is -2.22. The predicted molar refractivity (Wildman–Crippen MR) is 156 cm³/mol. The highest BCUT2D eigenvalue weighted by molar-refractivity contribution is 9.10. The van der Waals surface area contributed by atoms with Crippen LogP contribution in [-0.2, 0) is 9.53 Å². The van der Waals surface area contributed by atoms with Crippen LogP contribution in [0.3, 0.4) is 0 Å². The number of carbonyl (C=O) groups excluding carboxylic acids is 2. The maximum Gasteiger partial charge on any atom is 0.306 e. The SMILES string of the molecule is Cc1c(-c2ccccc2)nc2ccc(Br)cc2c1C(=O)NCC(CCC(=O)OC(C)(C)C)c1ccccc1F. The summed E-state index contributed by atoms with van der Waals surface area (Å²) < 4.78 is 21.1. The molecule has 0 aliphatic rings. The average molecular weight is 592 g/mol. The summed E-state index contributed by atoms with van der Waals surface area (Å²) in [4.78, 5) is 31.1. The molecule has 1 aromatic heterocycles. The van der Waals surface area contributed by atoms with Gasteiger partial charge in [-0.15, -0.1) is 0 Å². The molecule has 1 amide bonds. The molecule has 1 atom stereocenters. The Balaban J connectivity index is 1.65. The van der Waals surface area contributed by atoms with Crippen LogP contribution in [-0.4, -0.2) is 29.0 Å². The van der Waals surface area contributed by atoms with Crippen LogP contribution < -0.4 is 5.32 Å². The first-order valence-corrected chi connectivity index (χ1v) is 13.7. The van der Waals surface area contributed by atoms with Gasteiger partial charge in [0.15, 0.2) is 0 Å². The van der Waals surface area contributed by atoms with Crippen LogP contribution in [0.25, 0.3) is 22.2 Å². The number of nitrogens with zero attached hydrogens (tertiary/aromatic N) is 1. The third kappa shape index (κ3) is 7.09. The molecule has 0 saturated heterocycles. The van der Waals surface area contributed by atoms with E-state index in [2.05, 4.69) is 21.2 Å². The molecule has 1 heterocycles. The third-order valence-electron chi connectivity index (χ3n) is 6.44. The number of amides is 1. The topological polar surface area (TPSA) is 68.3 Å². The van der Waals surface area contributed by atoms with E-state index in [9.17, 15) is 14.0 Å². The summed E-state index contributed by atoms with van der Waals surface area (Å²) in [5, 5.41) is 3.74. The largest absolute Gasteiger partial charge is 0.460 e. The lowest BCUT2D eigenvalue weighted by atomic mass is 9.93. The van der Waals surface area contributed by atoms with Crippen LogP contribution in [0, 0.1) is 12.7 Å². The molecule has 0 saturated carbocycles. The molecule has 1 unspecified atom stereocenters. The molecule has 0 aliphatic carbocycles. The van der Waals surface area contributed by atoms with Crippen molar-refractivity contribution in [2.75, 3.05) is 6.54 Å². The number of pyridine rings is 1. The second kappa shape index (κ2) is 12.1. The number of benzene rings is 3. The first-order valence-electron chi connectivity index (χ1n) is 12.9. The Morgan fingerprint density at radius 2 is 1.72 bits per heavy atom. The predicted octanol–water partition coefficient (Wildman–Crippen LogP) is 7.75. The van der Waals surface area contributed by atoms with E-state index >= 15 is 0 Å². The van der Waals surface area contributed by atoms with Gasteiger partial charge in [0.2, 0.25) is 0 Å². The van der Waals surface area contributed by atoms with Gasteiger partial charge in [-0.25, -0.2) is 9.37 Å². The fraction of sp³-hybridized carbons (Fsp3) is 0.281. The molecule has 7 heteroatoms. The van der Waals surface area contributed by atoms with Gasteiger partial charge in [-0.3, -0.25) is 9.59 Å². The lowest BCUT2D eigenvalue weighted by Crippen LogP contribution is -2.30. The molecule has 3 aromatic carbocycles. The van der Waals surface area contributed by atoms with Gasteiger partial charge in [-0.1, -0.05) is 64.5 Å². The van der Waals surface area contributed by atoms with Crippen molar-refractivity contribution >= 4 is 38.7 Å². The Hall–Kier alpha value is -3.58. The maximum absolute atomic E-state index is 14.8. The number of hydrogen-bond donors (Lipinski definition) is 1. The normalized spacial score (nSPS) is 12.3. The van der Waals surface area contributed by atoms with Crippen LogP contribution in [0.2, 0.25) is 0 Å². The van der Waals surface area contributed by atoms with Gasteiger partial charge < -0.3 is 10.1 Å². The number of nitrogens with one attached hydrogen (secondary N) is 1. The van der Waals surface area contributed by atoms with Gasteiger partial charge in [-0.05, 0) is 69.5 Å². The highest BCUT2D eigenvalue weighted by Gasteiger charge is 2.24. The molecular weight excluding hydrogens is 559 g/mol. The van der Waals surface area contributed by atoms with Gasteiger partial charge in [0, 0.05) is 34.3 Å². The lowest BCUT2D eigenvalue weighted by molar-refractivity contribution is -0.155. The van der Waals surface area contributed by atoms with Crippen LogP contribution >= 0.6 is 15.9 Å². The van der Waals surface area contributed by atoms with E-state index in [1.807, 2.05) is 76.2 Å². The Morgan fingerprint density at radius 1 is 1.03 bits per heavy atom. The van der Waals surface area contributed by atoms with Crippen LogP contribution in [0.4, 0.5) is 4.39 Å². The first-order chi connectivity index (χ1) is 18.5. The Morgan fingerprint density at radius 3 is 2.41 bits per heavy atom. The molecule has 4 rings (SSSR count). The number of rotatable bonds is 8. The number of fused-ring (bicyclic) bond motifs is 1. The minimum Gasteiger partial charge on any atom is -0.460 e. The molecule has 0 radical (unpaired) electrons. The molecule has 5 nitrogen and oxygen atoms in total. The molecule has 1 N–H and O–H groups in total. The number of esters is 1. The number of ether oxygens (including phenoxy) is 1. The summed E-state index contributed by atoms with van der Waals surface area (Å²) in [6.07, 6.45) is 0.432. The molecule has 0 spiro atoms.